The summed E-state index contributed by atoms with van der Waals surface area (Å²) >= 11 is 0. The molecule has 7 nitrogen and oxygen atoms in total. The highest BCUT2D eigenvalue weighted by molar-refractivity contribution is 5.94. The van der Waals surface area contributed by atoms with E-state index in [-0.39, 0.29) is 5.91 Å². The molecule has 0 N–H and O–H groups in total. The van der Waals surface area contributed by atoms with Crippen molar-refractivity contribution in [2.24, 2.45) is 0 Å². The van der Waals surface area contributed by atoms with Crippen molar-refractivity contribution in [2.45, 2.75) is 26.1 Å². The van der Waals surface area contributed by atoms with Crippen LogP contribution in [0.1, 0.15) is 28.3 Å². The molecule has 3 aromatic rings. The van der Waals surface area contributed by atoms with E-state index in [2.05, 4.69) is 10.1 Å². The lowest BCUT2D eigenvalue weighted by molar-refractivity contribution is 0.0566. The van der Waals surface area contributed by atoms with Crippen molar-refractivity contribution in [3.05, 3.63) is 59.8 Å². The first-order chi connectivity index (χ1) is 14.1. The molecule has 0 saturated carbocycles. The van der Waals surface area contributed by atoms with E-state index in [1.54, 1.807) is 18.2 Å². The summed E-state index contributed by atoms with van der Waals surface area (Å²) in [6, 6.07) is 7.39. The topological polar surface area (TPSA) is 65.2 Å². The van der Waals surface area contributed by atoms with Gasteiger partial charge in [-0.1, -0.05) is 12.1 Å². The molecule has 1 aromatic carbocycles. The van der Waals surface area contributed by atoms with Crippen molar-refractivity contribution < 1.29 is 18.3 Å². The van der Waals surface area contributed by atoms with Gasteiger partial charge in [0, 0.05) is 50.5 Å². The van der Waals surface area contributed by atoms with Gasteiger partial charge < -0.3 is 14.2 Å². The van der Waals surface area contributed by atoms with E-state index in [1.807, 2.05) is 28.8 Å². The molecule has 0 aliphatic carbocycles. The van der Waals surface area contributed by atoms with E-state index >= 15 is 0 Å². The Morgan fingerprint density at radius 1 is 1.17 bits per heavy atom. The molecule has 4 rings (SSSR count). The van der Waals surface area contributed by atoms with Crippen LogP contribution in [-0.2, 0) is 24.3 Å². The van der Waals surface area contributed by atoms with Crippen LogP contribution >= 0.6 is 0 Å². The summed E-state index contributed by atoms with van der Waals surface area (Å²) in [4.78, 5) is 19.1. The lowest BCUT2D eigenvalue weighted by Crippen LogP contribution is -2.33. The molecule has 152 valence electrons. The highest BCUT2D eigenvalue weighted by Gasteiger charge is 2.23. The second-order valence-corrected chi connectivity index (χ2v) is 6.87. The van der Waals surface area contributed by atoms with E-state index < -0.39 is 6.55 Å². The van der Waals surface area contributed by atoms with Gasteiger partial charge in [-0.2, -0.15) is 13.9 Å². The predicted octanol–water partition coefficient (Wildman–Crippen LogP) is 2.99. The van der Waals surface area contributed by atoms with Crippen LogP contribution in [0.4, 0.5) is 8.78 Å². The van der Waals surface area contributed by atoms with Crippen LogP contribution in [0.5, 0.6) is 0 Å². The molecule has 1 aliphatic heterocycles. The maximum Gasteiger partial charge on any atom is 0.333 e. The van der Waals surface area contributed by atoms with E-state index in [0.717, 1.165) is 17.1 Å². The van der Waals surface area contributed by atoms with Crippen molar-refractivity contribution in [1.82, 2.24) is 24.2 Å². The van der Waals surface area contributed by atoms with Gasteiger partial charge in [-0.15, -0.1) is 0 Å². The zero-order chi connectivity index (χ0) is 20.4. The van der Waals surface area contributed by atoms with Crippen molar-refractivity contribution >= 4 is 5.91 Å². The Morgan fingerprint density at radius 3 is 2.66 bits per heavy atom. The summed E-state index contributed by atoms with van der Waals surface area (Å²) in [5, 5.41) is 3.70. The molecule has 29 heavy (non-hydrogen) atoms. The summed E-state index contributed by atoms with van der Waals surface area (Å²) in [5.74, 6) is 0.794. The van der Waals surface area contributed by atoms with Gasteiger partial charge in [0.2, 0.25) is 0 Å². The van der Waals surface area contributed by atoms with Crippen molar-refractivity contribution in [3.8, 4) is 11.3 Å². The van der Waals surface area contributed by atoms with Crippen LogP contribution in [0, 0.1) is 0 Å². The summed E-state index contributed by atoms with van der Waals surface area (Å²) in [6.07, 6.45) is 4.99. The average molecular weight is 401 g/mol. The van der Waals surface area contributed by atoms with Gasteiger partial charge in [0.05, 0.1) is 24.7 Å². The fourth-order valence-electron chi connectivity index (χ4n) is 3.53. The number of hydrogen-bond acceptors (Lipinski definition) is 4. The number of carbonyl (C=O) groups excluding carboxylic acids is 1. The number of hydrogen-bond donors (Lipinski definition) is 0. The molecule has 1 aliphatic rings. The van der Waals surface area contributed by atoms with Gasteiger partial charge in [-0.05, 0) is 17.7 Å². The molecule has 0 unspecified atom stereocenters. The normalized spacial score (nSPS) is 14.1. The molecule has 0 bridgehead atoms. The number of fused-ring (bicyclic) bond motifs is 1. The zero-order valence-corrected chi connectivity index (χ0v) is 16.0. The van der Waals surface area contributed by atoms with Gasteiger partial charge >= 0.3 is 6.55 Å². The average Bonchev–Trinajstić information content (AvgIpc) is 3.31. The number of methoxy groups -OCH3 is 1. The molecule has 9 heteroatoms. The van der Waals surface area contributed by atoms with Gasteiger partial charge in [0.1, 0.15) is 5.82 Å². The summed E-state index contributed by atoms with van der Waals surface area (Å²) in [6.45, 7) is -0.579. The van der Waals surface area contributed by atoms with Crippen LogP contribution in [0.2, 0.25) is 0 Å². The monoisotopic (exact) mass is 401 g/mol. The predicted molar refractivity (Wildman–Crippen MR) is 101 cm³/mol. The molecule has 0 saturated heterocycles. The lowest BCUT2D eigenvalue weighted by Gasteiger charge is -2.20. The van der Waals surface area contributed by atoms with Gasteiger partial charge in [-0.3, -0.25) is 4.79 Å². The Hall–Kier alpha value is -3.07. The molecule has 0 atom stereocenters. The largest absolute Gasteiger partial charge is 0.380 e. The lowest BCUT2D eigenvalue weighted by atomic mass is 10.1. The summed E-state index contributed by atoms with van der Waals surface area (Å²) in [7, 11) is 1.63. The number of rotatable bonds is 5. The number of alkyl halides is 2. The molecule has 1 amide bonds. The minimum Gasteiger partial charge on any atom is -0.380 e. The second kappa shape index (κ2) is 8.12. The number of imidazole rings is 1. The first-order valence-electron chi connectivity index (χ1n) is 9.31. The second-order valence-electron chi connectivity index (χ2n) is 6.87. The van der Waals surface area contributed by atoms with Gasteiger partial charge in [-0.25, -0.2) is 9.67 Å². The molecular formula is C20H21F2N5O2. The van der Waals surface area contributed by atoms with Crippen LogP contribution in [0.3, 0.4) is 0 Å². The third-order valence-electron chi connectivity index (χ3n) is 5.03. The minimum absolute atomic E-state index is 0.0354. The Morgan fingerprint density at radius 2 is 1.97 bits per heavy atom. The van der Waals surface area contributed by atoms with Crippen molar-refractivity contribution in [2.75, 3.05) is 20.2 Å². The Kier molecular flexibility index (Phi) is 5.39. The maximum atomic E-state index is 12.9. The molecule has 0 spiro atoms. The molecule has 0 fully saturated rings. The fourth-order valence-corrected chi connectivity index (χ4v) is 3.53. The highest BCUT2D eigenvalue weighted by atomic mass is 19.3. The fraction of sp³-hybridized carbons (Fsp3) is 0.350. The van der Waals surface area contributed by atoms with Gasteiger partial charge in [0.25, 0.3) is 5.91 Å². The number of halogens is 2. The number of aromatic nitrogens is 4. The van der Waals surface area contributed by atoms with Gasteiger partial charge in [0.15, 0.2) is 0 Å². The Bertz CT molecular complexity index is 997. The Balaban J connectivity index is 1.49. The molecule has 0 radical (unpaired) electrons. The quantitative estimate of drug-likeness (QED) is 0.659. The number of amides is 1. The van der Waals surface area contributed by atoms with E-state index in [0.29, 0.717) is 48.5 Å². The van der Waals surface area contributed by atoms with E-state index in [1.165, 1.54) is 12.4 Å². The minimum atomic E-state index is -2.68. The first kappa shape index (κ1) is 19.3. The third kappa shape index (κ3) is 3.91. The highest BCUT2D eigenvalue weighted by Crippen LogP contribution is 2.24. The summed E-state index contributed by atoms with van der Waals surface area (Å²) in [5.41, 5.74) is 2.94. The van der Waals surface area contributed by atoms with Crippen molar-refractivity contribution in [3.63, 3.8) is 0 Å². The first-order valence-corrected chi connectivity index (χ1v) is 9.31. The van der Waals surface area contributed by atoms with Crippen LogP contribution in [-0.4, -0.2) is 50.3 Å². The van der Waals surface area contributed by atoms with E-state index in [9.17, 15) is 13.6 Å². The number of ether oxygens (including phenoxy) is 1. The summed E-state index contributed by atoms with van der Waals surface area (Å²) < 4.78 is 33.3. The zero-order valence-electron chi connectivity index (χ0n) is 16.0. The number of benzene rings is 1. The third-order valence-corrected chi connectivity index (χ3v) is 5.03. The van der Waals surface area contributed by atoms with Crippen LogP contribution < -0.4 is 0 Å². The number of nitrogens with zero attached hydrogens (tertiary/aromatic N) is 5. The van der Waals surface area contributed by atoms with Crippen LogP contribution in [0.25, 0.3) is 11.3 Å². The Labute approximate surface area is 166 Å². The molecule has 3 heterocycles. The molecular weight excluding hydrogens is 380 g/mol. The van der Waals surface area contributed by atoms with Crippen molar-refractivity contribution in [1.29, 1.82) is 0 Å². The number of carbonyl (C=O) groups is 1. The van der Waals surface area contributed by atoms with E-state index in [4.69, 9.17) is 4.74 Å². The molecule has 2 aromatic heterocycles. The van der Waals surface area contributed by atoms with Crippen LogP contribution in [0.15, 0.2) is 42.9 Å². The standard InChI is InChI=1S/C20H21F2N5O2/c1-29-13-14-2-4-15(5-3-14)19(28)25-7-6-18-23-11-17(26(18)9-8-25)16-10-24-27(12-16)20(21)22/h2-5,10-12,20H,6-9,13H2,1H3. The smallest absolute Gasteiger partial charge is 0.333 e. The SMILES string of the molecule is COCc1ccc(C(=O)N2CCc3ncc(-c4cnn(C(F)F)c4)n3CC2)cc1. The maximum absolute atomic E-state index is 12.9.